The number of ether oxygens (including phenoxy) is 1. The topological polar surface area (TPSA) is 64.3 Å². The minimum Gasteiger partial charge on any atom is -0.463 e. The maximum atomic E-state index is 10.7. The Balaban J connectivity index is 3.26. The second-order valence-electron chi connectivity index (χ2n) is 2.24. The molecule has 0 amide bonds. The Hall–Kier alpha value is -0.610. The lowest BCUT2D eigenvalue weighted by atomic mass is 10.4. The molecule has 0 fully saturated rings. The molecule has 0 radical (unpaired) electrons. The third-order valence-corrected chi connectivity index (χ3v) is 0.841. The second kappa shape index (κ2) is 5.20. The van der Waals surface area contributed by atoms with Gasteiger partial charge in [-0.25, -0.2) is 0 Å². The number of carbonyl (C=O) groups is 1. The molecule has 0 aliphatic heterocycles. The van der Waals surface area contributed by atoms with Gasteiger partial charge in [-0.2, -0.15) is 0 Å². The highest BCUT2D eigenvalue weighted by Gasteiger charge is 2.02. The fourth-order valence-corrected chi connectivity index (χ4v) is 0.496. The summed E-state index contributed by atoms with van der Waals surface area (Å²) in [5.41, 5.74) is 2.37. The average molecular weight is 146 g/mol. The first kappa shape index (κ1) is 9.39. The van der Waals surface area contributed by atoms with Crippen LogP contribution in [-0.2, 0) is 9.53 Å². The summed E-state index contributed by atoms with van der Waals surface area (Å²) in [7, 11) is 0. The zero-order valence-electron chi connectivity index (χ0n) is 6.39. The predicted octanol–water partition coefficient (Wildman–Crippen LogP) is -0.209. The first-order valence-electron chi connectivity index (χ1n) is 3.29. The molecule has 0 aromatic heterocycles. The van der Waals surface area contributed by atoms with Gasteiger partial charge in [0.15, 0.2) is 0 Å². The Kier molecular flexibility index (Phi) is 4.88. The quantitative estimate of drug-likeness (QED) is 0.327. The van der Waals surface area contributed by atoms with Gasteiger partial charge in [0.05, 0.1) is 12.5 Å². The molecule has 0 unspecified atom stereocenters. The normalized spacial score (nSPS) is 10.0. The van der Waals surface area contributed by atoms with Crippen LogP contribution in [0.5, 0.6) is 0 Å². The number of hydrogen-bond donors (Lipinski definition) is 2. The van der Waals surface area contributed by atoms with E-state index < -0.39 is 0 Å². The van der Waals surface area contributed by atoms with Gasteiger partial charge in [-0.3, -0.25) is 16.1 Å². The minimum atomic E-state index is -0.215. The van der Waals surface area contributed by atoms with Crippen LogP contribution in [0, 0.1) is 0 Å². The van der Waals surface area contributed by atoms with Gasteiger partial charge < -0.3 is 4.74 Å². The van der Waals surface area contributed by atoms with E-state index in [0.29, 0.717) is 13.0 Å². The molecule has 10 heavy (non-hydrogen) atoms. The van der Waals surface area contributed by atoms with Crippen LogP contribution in [0.4, 0.5) is 0 Å². The molecule has 0 saturated carbocycles. The highest BCUT2D eigenvalue weighted by Crippen LogP contribution is 1.91. The standard InChI is InChI=1S/C6H14N2O2/c1-5(2)10-6(9)3-4-8-7/h5,8H,3-4,7H2,1-2H3. The van der Waals surface area contributed by atoms with Crippen molar-refractivity contribution in [2.45, 2.75) is 26.4 Å². The summed E-state index contributed by atoms with van der Waals surface area (Å²) in [6, 6.07) is 0. The molecule has 60 valence electrons. The van der Waals surface area contributed by atoms with Gasteiger partial charge in [0.2, 0.25) is 0 Å². The van der Waals surface area contributed by atoms with Crippen molar-refractivity contribution in [3.8, 4) is 0 Å². The summed E-state index contributed by atoms with van der Waals surface area (Å²) in [6.45, 7) is 4.09. The number of nitrogens with one attached hydrogen (secondary N) is 1. The molecule has 4 heteroatoms. The second-order valence-corrected chi connectivity index (χ2v) is 2.24. The van der Waals surface area contributed by atoms with Gasteiger partial charge >= 0.3 is 5.97 Å². The Morgan fingerprint density at radius 3 is 2.70 bits per heavy atom. The Bertz CT molecular complexity index is 104. The number of hydrogen-bond acceptors (Lipinski definition) is 4. The summed E-state index contributed by atoms with van der Waals surface area (Å²) in [5, 5.41) is 0. The number of hydrazine groups is 1. The van der Waals surface area contributed by atoms with Crippen LogP contribution in [0.3, 0.4) is 0 Å². The largest absolute Gasteiger partial charge is 0.463 e. The summed E-state index contributed by atoms with van der Waals surface area (Å²) in [5.74, 6) is 4.73. The minimum absolute atomic E-state index is 0.0368. The van der Waals surface area contributed by atoms with Gasteiger partial charge in [-0.05, 0) is 13.8 Å². The SMILES string of the molecule is CC(C)OC(=O)CCNN. The monoisotopic (exact) mass is 146 g/mol. The Labute approximate surface area is 60.7 Å². The summed E-state index contributed by atoms with van der Waals surface area (Å²) in [6.07, 6.45) is 0.291. The summed E-state index contributed by atoms with van der Waals surface area (Å²) < 4.78 is 4.82. The van der Waals surface area contributed by atoms with E-state index in [1.807, 2.05) is 13.8 Å². The van der Waals surface area contributed by atoms with Crippen LogP contribution in [-0.4, -0.2) is 18.6 Å². The zero-order chi connectivity index (χ0) is 7.98. The van der Waals surface area contributed by atoms with Crippen LogP contribution in [0.15, 0.2) is 0 Å². The molecule has 0 saturated heterocycles. The first-order valence-corrected chi connectivity index (χ1v) is 3.29. The molecular formula is C6H14N2O2. The molecule has 0 spiro atoms. The maximum absolute atomic E-state index is 10.7. The molecule has 0 atom stereocenters. The molecular weight excluding hydrogens is 132 g/mol. The van der Waals surface area contributed by atoms with Crippen molar-refractivity contribution in [2.24, 2.45) is 5.84 Å². The third kappa shape index (κ3) is 5.53. The fraction of sp³-hybridized carbons (Fsp3) is 0.833. The van der Waals surface area contributed by atoms with Gasteiger partial charge in [0.25, 0.3) is 0 Å². The van der Waals surface area contributed by atoms with Crippen LogP contribution >= 0.6 is 0 Å². The summed E-state index contributed by atoms with van der Waals surface area (Å²) in [4.78, 5) is 10.7. The Morgan fingerprint density at radius 2 is 2.30 bits per heavy atom. The van der Waals surface area contributed by atoms with E-state index in [9.17, 15) is 4.79 Å². The molecule has 0 heterocycles. The lowest BCUT2D eigenvalue weighted by Gasteiger charge is -2.06. The molecule has 0 bridgehead atoms. The van der Waals surface area contributed by atoms with Crippen molar-refractivity contribution in [3.63, 3.8) is 0 Å². The smallest absolute Gasteiger partial charge is 0.307 e. The predicted molar refractivity (Wildman–Crippen MR) is 38.0 cm³/mol. The van der Waals surface area contributed by atoms with Crippen LogP contribution in [0.1, 0.15) is 20.3 Å². The van der Waals surface area contributed by atoms with E-state index in [0.717, 1.165) is 0 Å². The van der Waals surface area contributed by atoms with E-state index >= 15 is 0 Å². The third-order valence-electron chi connectivity index (χ3n) is 0.841. The average Bonchev–Trinajstić information content (AvgIpc) is 1.82. The number of rotatable bonds is 4. The number of carbonyl (C=O) groups excluding carboxylic acids is 1. The van der Waals surface area contributed by atoms with Crippen molar-refractivity contribution in [2.75, 3.05) is 6.54 Å². The molecule has 3 N–H and O–H groups in total. The number of esters is 1. The van der Waals surface area contributed by atoms with E-state index in [2.05, 4.69) is 5.43 Å². The number of nitrogens with two attached hydrogens (primary N) is 1. The van der Waals surface area contributed by atoms with Crippen molar-refractivity contribution in [3.05, 3.63) is 0 Å². The van der Waals surface area contributed by atoms with E-state index in [1.54, 1.807) is 0 Å². The molecule has 0 aromatic carbocycles. The van der Waals surface area contributed by atoms with Crippen LogP contribution < -0.4 is 11.3 Å². The maximum Gasteiger partial charge on any atom is 0.307 e. The zero-order valence-corrected chi connectivity index (χ0v) is 6.39. The first-order chi connectivity index (χ1) is 4.66. The summed E-state index contributed by atoms with van der Waals surface area (Å²) >= 11 is 0. The lowest BCUT2D eigenvalue weighted by molar-refractivity contribution is -0.147. The fourth-order valence-electron chi connectivity index (χ4n) is 0.496. The van der Waals surface area contributed by atoms with Crippen molar-refractivity contribution < 1.29 is 9.53 Å². The molecule has 0 aromatic rings. The van der Waals surface area contributed by atoms with Gasteiger partial charge in [-0.1, -0.05) is 0 Å². The molecule has 4 nitrogen and oxygen atoms in total. The van der Waals surface area contributed by atoms with E-state index in [-0.39, 0.29) is 12.1 Å². The van der Waals surface area contributed by atoms with Crippen molar-refractivity contribution in [1.29, 1.82) is 0 Å². The Morgan fingerprint density at radius 1 is 1.70 bits per heavy atom. The molecule has 0 aliphatic carbocycles. The van der Waals surface area contributed by atoms with Gasteiger partial charge in [-0.15, -0.1) is 0 Å². The van der Waals surface area contributed by atoms with Gasteiger partial charge in [0, 0.05) is 6.54 Å². The van der Waals surface area contributed by atoms with Crippen molar-refractivity contribution >= 4 is 5.97 Å². The van der Waals surface area contributed by atoms with E-state index in [1.165, 1.54) is 0 Å². The van der Waals surface area contributed by atoms with Gasteiger partial charge in [0.1, 0.15) is 0 Å². The molecule has 0 rings (SSSR count). The lowest BCUT2D eigenvalue weighted by Crippen LogP contribution is -2.26. The molecule has 0 aliphatic rings. The van der Waals surface area contributed by atoms with Crippen molar-refractivity contribution in [1.82, 2.24) is 5.43 Å². The van der Waals surface area contributed by atoms with Crippen LogP contribution in [0.25, 0.3) is 0 Å². The van der Waals surface area contributed by atoms with Crippen LogP contribution in [0.2, 0.25) is 0 Å². The highest BCUT2D eigenvalue weighted by molar-refractivity contribution is 5.69. The highest BCUT2D eigenvalue weighted by atomic mass is 16.5. The van der Waals surface area contributed by atoms with E-state index in [4.69, 9.17) is 10.6 Å².